The van der Waals surface area contributed by atoms with Crippen molar-refractivity contribution in [1.29, 1.82) is 0 Å². The Morgan fingerprint density at radius 3 is 2.17 bits per heavy atom. The third-order valence-corrected chi connectivity index (χ3v) is 2.72. The molecule has 73 valence electrons. The molecular formula is C7H15O4S. The molecule has 1 radical (unpaired) electrons. The highest BCUT2D eigenvalue weighted by Crippen LogP contribution is 2.21. The fourth-order valence-corrected chi connectivity index (χ4v) is 1.91. The first-order chi connectivity index (χ1) is 5.43. The van der Waals surface area contributed by atoms with E-state index < -0.39 is 16.2 Å². The van der Waals surface area contributed by atoms with E-state index in [9.17, 15) is 13.5 Å². The lowest BCUT2D eigenvalue weighted by Crippen LogP contribution is -2.25. The van der Waals surface area contributed by atoms with Gasteiger partial charge in [0.05, 0.1) is 6.10 Å². The summed E-state index contributed by atoms with van der Waals surface area (Å²) in [5.74, 6) is 0. The minimum atomic E-state index is -4.17. The Bertz CT molecular complexity index is 209. The Morgan fingerprint density at radius 1 is 1.42 bits per heavy atom. The normalized spacial score (nSPS) is 15.1. The highest BCUT2D eigenvalue weighted by molar-refractivity contribution is 7.88. The second-order valence-corrected chi connectivity index (χ2v) is 4.09. The molecule has 0 heterocycles. The maximum Gasteiger partial charge on any atom is 0.275 e. The number of hydrogen-bond donors (Lipinski definition) is 2. The number of hydrogen-bond acceptors (Lipinski definition) is 3. The van der Waals surface area contributed by atoms with Crippen LogP contribution in [0.1, 0.15) is 33.1 Å². The van der Waals surface area contributed by atoms with Gasteiger partial charge in [0.2, 0.25) is 0 Å². The molecule has 5 heteroatoms. The molecule has 0 aromatic carbocycles. The zero-order chi connectivity index (χ0) is 9.78. The third-order valence-electron chi connectivity index (χ3n) is 1.59. The van der Waals surface area contributed by atoms with Crippen LogP contribution in [0.4, 0.5) is 0 Å². The molecule has 0 rings (SSSR count). The summed E-state index contributed by atoms with van der Waals surface area (Å²) in [6.45, 7) is 3.44. The van der Waals surface area contributed by atoms with E-state index in [1.165, 1.54) is 0 Å². The van der Waals surface area contributed by atoms with Crippen molar-refractivity contribution in [2.75, 3.05) is 0 Å². The van der Waals surface area contributed by atoms with Crippen molar-refractivity contribution in [2.24, 2.45) is 0 Å². The van der Waals surface area contributed by atoms with E-state index >= 15 is 0 Å². The third kappa shape index (κ3) is 3.51. The molecule has 0 aliphatic rings. The van der Waals surface area contributed by atoms with Crippen LogP contribution in [0.2, 0.25) is 0 Å². The van der Waals surface area contributed by atoms with Crippen molar-refractivity contribution in [3.05, 3.63) is 5.25 Å². The fraction of sp³-hybridized carbons (Fsp3) is 0.857. The van der Waals surface area contributed by atoms with Crippen LogP contribution in [0.15, 0.2) is 0 Å². The molecule has 4 nitrogen and oxygen atoms in total. The van der Waals surface area contributed by atoms with E-state index in [1.807, 2.05) is 0 Å². The Hall–Kier alpha value is -0.130. The predicted octanol–water partition coefficient (Wildman–Crippen LogP) is 0.977. The molecule has 0 aliphatic carbocycles. The Labute approximate surface area is 73.4 Å². The van der Waals surface area contributed by atoms with Gasteiger partial charge in [-0.3, -0.25) is 4.55 Å². The van der Waals surface area contributed by atoms with E-state index in [-0.39, 0.29) is 11.7 Å². The van der Waals surface area contributed by atoms with Gasteiger partial charge in [0.1, 0.15) is 5.25 Å². The van der Waals surface area contributed by atoms with Crippen LogP contribution in [-0.2, 0) is 10.1 Å². The molecule has 0 spiro atoms. The minimum Gasteiger partial charge on any atom is -0.391 e. The van der Waals surface area contributed by atoms with Crippen LogP contribution in [0.3, 0.4) is 0 Å². The lowest BCUT2D eigenvalue weighted by Gasteiger charge is -2.16. The average molecular weight is 195 g/mol. The number of aliphatic hydroxyl groups excluding tert-OH is 1. The van der Waals surface area contributed by atoms with E-state index in [0.717, 1.165) is 0 Å². The lowest BCUT2D eigenvalue weighted by atomic mass is 10.1. The largest absolute Gasteiger partial charge is 0.391 e. The summed E-state index contributed by atoms with van der Waals surface area (Å²) in [5.41, 5.74) is 0. The van der Waals surface area contributed by atoms with Gasteiger partial charge < -0.3 is 5.11 Å². The van der Waals surface area contributed by atoms with Crippen LogP contribution in [0.5, 0.6) is 0 Å². The van der Waals surface area contributed by atoms with E-state index in [0.29, 0.717) is 12.8 Å². The Kier molecular flexibility index (Phi) is 4.74. The standard InChI is InChI=1S/C7H15O4S/c1-3-5-7(6(8)4-2)12(9,10)11/h6,8H,3-5H2,1-2H3,(H,9,10,11). The molecule has 1 unspecified atom stereocenters. The molecule has 0 amide bonds. The molecule has 0 aromatic heterocycles. The van der Waals surface area contributed by atoms with Gasteiger partial charge in [-0.1, -0.05) is 20.3 Å². The van der Waals surface area contributed by atoms with Crippen molar-refractivity contribution >= 4 is 10.1 Å². The van der Waals surface area contributed by atoms with Crippen LogP contribution in [-0.4, -0.2) is 24.2 Å². The average Bonchev–Trinajstić information content (AvgIpc) is 1.96. The predicted molar refractivity (Wildman–Crippen MR) is 46.0 cm³/mol. The van der Waals surface area contributed by atoms with Gasteiger partial charge in [-0.25, -0.2) is 0 Å². The summed E-state index contributed by atoms with van der Waals surface area (Å²) in [6.07, 6.45) is 0.0646. The van der Waals surface area contributed by atoms with Crippen molar-refractivity contribution in [1.82, 2.24) is 0 Å². The molecule has 0 saturated heterocycles. The maximum absolute atomic E-state index is 10.7. The first-order valence-electron chi connectivity index (χ1n) is 3.94. The molecule has 0 fully saturated rings. The van der Waals surface area contributed by atoms with Crippen LogP contribution >= 0.6 is 0 Å². The van der Waals surface area contributed by atoms with Gasteiger partial charge in [0.25, 0.3) is 10.1 Å². The van der Waals surface area contributed by atoms with Crippen molar-refractivity contribution in [2.45, 2.75) is 39.2 Å². The molecule has 0 aromatic rings. The Morgan fingerprint density at radius 2 is 1.92 bits per heavy atom. The van der Waals surface area contributed by atoms with Gasteiger partial charge in [0, 0.05) is 0 Å². The smallest absolute Gasteiger partial charge is 0.275 e. The highest BCUT2D eigenvalue weighted by atomic mass is 32.2. The molecule has 0 bridgehead atoms. The summed E-state index contributed by atoms with van der Waals surface area (Å²) < 4.78 is 30.0. The lowest BCUT2D eigenvalue weighted by molar-refractivity contribution is 0.187. The highest BCUT2D eigenvalue weighted by Gasteiger charge is 2.29. The SMILES string of the molecule is CCC[C](C(O)CC)S(=O)(=O)O. The molecule has 0 aliphatic heterocycles. The van der Waals surface area contributed by atoms with Gasteiger partial charge in [0.15, 0.2) is 0 Å². The quantitative estimate of drug-likeness (QED) is 0.641. The summed E-state index contributed by atoms with van der Waals surface area (Å²) in [5, 5.41) is 9.03. The summed E-state index contributed by atoms with van der Waals surface area (Å²) in [6, 6.07) is 0. The summed E-state index contributed by atoms with van der Waals surface area (Å²) >= 11 is 0. The van der Waals surface area contributed by atoms with Crippen molar-refractivity contribution < 1.29 is 18.1 Å². The van der Waals surface area contributed by atoms with Gasteiger partial charge in [-0.2, -0.15) is 8.42 Å². The Balaban J connectivity index is 4.44. The van der Waals surface area contributed by atoms with Gasteiger partial charge in [-0.15, -0.1) is 0 Å². The van der Waals surface area contributed by atoms with Crippen molar-refractivity contribution in [3.63, 3.8) is 0 Å². The topological polar surface area (TPSA) is 74.6 Å². The van der Waals surface area contributed by atoms with Gasteiger partial charge in [-0.05, 0) is 12.8 Å². The molecule has 12 heavy (non-hydrogen) atoms. The van der Waals surface area contributed by atoms with E-state index in [2.05, 4.69) is 0 Å². The second kappa shape index (κ2) is 4.79. The number of rotatable bonds is 5. The molecular weight excluding hydrogens is 180 g/mol. The second-order valence-electron chi connectivity index (χ2n) is 2.62. The van der Waals surface area contributed by atoms with E-state index in [1.54, 1.807) is 13.8 Å². The van der Waals surface area contributed by atoms with Crippen molar-refractivity contribution in [3.8, 4) is 0 Å². The zero-order valence-corrected chi connectivity index (χ0v) is 8.13. The maximum atomic E-state index is 10.7. The van der Waals surface area contributed by atoms with Crippen LogP contribution < -0.4 is 0 Å². The zero-order valence-electron chi connectivity index (χ0n) is 7.32. The summed E-state index contributed by atoms with van der Waals surface area (Å²) in [4.78, 5) is 0. The molecule has 0 saturated carbocycles. The monoisotopic (exact) mass is 195 g/mol. The van der Waals surface area contributed by atoms with Crippen LogP contribution in [0, 0.1) is 5.25 Å². The first kappa shape index (κ1) is 11.9. The fourth-order valence-electron chi connectivity index (χ4n) is 0.942. The number of aliphatic hydroxyl groups is 1. The minimum absolute atomic E-state index is 0.174. The molecule has 1 atom stereocenters. The molecule has 2 N–H and O–H groups in total. The van der Waals surface area contributed by atoms with E-state index in [4.69, 9.17) is 4.55 Å². The summed E-state index contributed by atoms with van der Waals surface area (Å²) in [7, 11) is -4.17. The van der Waals surface area contributed by atoms with Crippen LogP contribution in [0.25, 0.3) is 0 Å². The first-order valence-corrected chi connectivity index (χ1v) is 5.38. The van der Waals surface area contributed by atoms with Gasteiger partial charge >= 0.3 is 0 Å².